The quantitative estimate of drug-likeness (QED) is 0.900. The number of aryl methyl sites for hydroxylation is 1. The maximum Gasteiger partial charge on any atom is 0.307 e. The standard InChI is InChI=1S/C11H13BrO2/c1-2-3-8-6-10(12)5-4-9(8)7-11(13)14/h4-6H,2-3,7H2,1H3,(H,13,14). The molecule has 14 heavy (non-hydrogen) atoms. The normalized spacial score (nSPS) is 10.1. The molecule has 1 N–H and O–H groups in total. The average molecular weight is 257 g/mol. The van der Waals surface area contributed by atoms with Crippen LogP contribution in [-0.2, 0) is 17.6 Å². The highest BCUT2D eigenvalue weighted by molar-refractivity contribution is 9.10. The fraction of sp³-hybridized carbons (Fsp3) is 0.364. The number of benzene rings is 1. The summed E-state index contributed by atoms with van der Waals surface area (Å²) in [5, 5.41) is 8.72. The first-order chi connectivity index (χ1) is 6.63. The Labute approximate surface area is 92.1 Å². The van der Waals surface area contributed by atoms with Crippen molar-refractivity contribution < 1.29 is 9.90 Å². The lowest BCUT2D eigenvalue weighted by Gasteiger charge is -2.06. The van der Waals surface area contributed by atoms with Gasteiger partial charge in [-0.05, 0) is 29.7 Å². The molecule has 0 bridgehead atoms. The van der Waals surface area contributed by atoms with E-state index in [1.54, 1.807) is 0 Å². The molecule has 0 saturated heterocycles. The fourth-order valence-electron chi connectivity index (χ4n) is 1.43. The zero-order valence-corrected chi connectivity index (χ0v) is 9.67. The molecule has 0 aliphatic carbocycles. The van der Waals surface area contributed by atoms with Crippen molar-refractivity contribution in [1.82, 2.24) is 0 Å². The lowest BCUT2D eigenvalue weighted by molar-refractivity contribution is -0.136. The molecular formula is C11H13BrO2. The number of carboxylic acid groups (broad SMARTS) is 1. The van der Waals surface area contributed by atoms with Crippen LogP contribution in [0.3, 0.4) is 0 Å². The maximum absolute atomic E-state index is 10.6. The highest BCUT2D eigenvalue weighted by Gasteiger charge is 2.06. The van der Waals surface area contributed by atoms with Crippen LogP contribution in [0.15, 0.2) is 22.7 Å². The molecule has 0 amide bonds. The van der Waals surface area contributed by atoms with E-state index in [-0.39, 0.29) is 6.42 Å². The van der Waals surface area contributed by atoms with Crippen molar-refractivity contribution in [2.24, 2.45) is 0 Å². The molecule has 1 rings (SSSR count). The highest BCUT2D eigenvalue weighted by atomic mass is 79.9. The Morgan fingerprint density at radius 2 is 2.14 bits per heavy atom. The number of hydrogen-bond donors (Lipinski definition) is 1. The van der Waals surface area contributed by atoms with Crippen molar-refractivity contribution in [3.63, 3.8) is 0 Å². The van der Waals surface area contributed by atoms with Crippen molar-refractivity contribution >= 4 is 21.9 Å². The topological polar surface area (TPSA) is 37.3 Å². The van der Waals surface area contributed by atoms with Gasteiger partial charge in [0.25, 0.3) is 0 Å². The molecule has 1 aromatic carbocycles. The minimum absolute atomic E-state index is 0.114. The molecule has 0 atom stereocenters. The van der Waals surface area contributed by atoms with E-state index in [1.807, 2.05) is 18.2 Å². The minimum atomic E-state index is -0.773. The summed E-state index contributed by atoms with van der Waals surface area (Å²) in [6.45, 7) is 2.09. The van der Waals surface area contributed by atoms with Crippen molar-refractivity contribution in [2.45, 2.75) is 26.2 Å². The lowest BCUT2D eigenvalue weighted by Crippen LogP contribution is -2.03. The first-order valence-corrected chi connectivity index (χ1v) is 5.42. The largest absolute Gasteiger partial charge is 0.481 e. The van der Waals surface area contributed by atoms with Crippen LogP contribution in [0, 0.1) is 0 Å². The third kappa shape index (κ3) is 3.14. The van der Waals surface area contributed by atoms with E-state index in [0.29, 0.717) is 0 Å². The van der Waals surface area contributed by atoms with Gasteiger partial charge in [-0.15, -0.1) is 0 Å². The summed E-state index contributed by atoms with van der Waals surface area (Å²) >= 11 is 3.39. The summed E-state index contributed by atoms with van der Waals surface area (Å²) in [5.41, 5.74) is 2.05. The smallest absolute Gasteiger partial charge is 0.307 e. The molecule has 0 unspecified atom stereocenters. The molecule has 3 heteroatoms. The Bertz CT molecular complexity index is 334. The van der Waals surface area contributed by atoms with E-state index >= 15 is 0 Å². The van der Waals surface area contributed by atoms with Gasteiger partial charge in [-0.2, -0.15) is 0 Å². The van der Waals surface area contributed by atoms with Gasteiger partial charge in [0, 0.05) is 4.47 Å². The second-order valence-corrected chi connectivity index (χ2v) is 4.15. The van der Waals surface area contributed by atoms with Gasteiger partial charge in [-0.1, -0.05) is 35.3 Å². The Morgan fingerprint density at radius 3 is 2.71 bits per heavy atom. The molecule has 0 aromatic heterocycles. The molecule has 0 fully saturated rings. The summed E-state index contributed by atoms with van der Waals surface area (Å²) in [5.74, 6) is -0.773. The van der Waals surface area contributed by atoms with Crippen LogP contribution in [-0.4, -0.2) is 11.1 Å². The van der Waals surface area contributed by atoms with Crippen LogP contribution in [0.25, 0.3) is 0 Å². The first-order valence-electron chi connectivity index (χ1n) is 4.62. The van der Waals surface area contributed by atoms with E-state index in [4.69, 9.17) is 5.11 Å². The number of rotatable bonds is 4. The van der Waals surface area contributed by atoms with Crippen LogP contribution in [0.1, 0.15) is 24.5 Å². The SMILES string of the molecule is CCCc1cc(Br)ccc1CC(=O)O. The zero-order chi connectivity index (χ0) is 10.6. The van der Waals surface area contributed by atoms with E-state index in [9.17, 15) is 4.79 Å². The van der Waals surface area contributed by atoms with E-state index in [2.05, 4.69) is 22.9 Å². The predicted molar refractivity (Wildman–Crippen MR) is 59.5 cm³/mol. The van der Waals surface area contributed by atoms with Gasteiger partial charge in [0.15, 0.2) is 0 Å². The van der Waals surface area contributed by atoms with Gasteiger partial charge in [-0.25, -0.2) is 0 Å². The first kappa shape index (κ1) is 11.2. The van der Waals surface area contributed by atoms with Crippen molar-refractivity contribution in [2.75, 3.05) is 0 Å². The summed E-state index contributed by atoms with van der Waals surface area (Å²) < 4.78 is 1.01. The van der Waals surface area contributed by atoms with Crippen molar-refractivity contribution in [1.29, 1.82) is 0 Å². The number of carbonyl (C=O) groups is 1. The molecule has 0 aliphatic heterocycles. The van der Waals surface area contributed by atoms with Crippen LogP contribution in [0.2, 0.25) is 0 Å². The number of hydrogen-bond acceptors (Lipinski definition) is 1. The highest BCUT2D eigenvalue weighted by Crippen LogP contribution is 2.18. The second kappa shape index (κ2) is 5.15. The molecule has 1 aromatic rings. The summed E-state index contributed by atoms with van der Waals surface area (Å²) in [6, 6.07) is 5.77. The summed E-state index contributed by atoms with van der Waals surface area (Å²) in [7, 11) is 0. The van der Waals surface area contributed by atoms with E-state index in [0.717, 1.165) is 28.4 Å². The van der Waals surface area contributed by atoms with Crippen LogP contribution in [0.4, 0.5) is 0 Å². The molecule has 0 radical (unpaired) electrons. The third-order valence-electron chi connectivity index (χ3n) is 2.03. The molecule has 0 saturated carbocycles. The van der Waals surface area contributed by atoms with Gasteiger partial charge in [0.1, 0.15) is 0 Å². The number of halogens is 1. The molecule has 0 aliphatic rings. The van der Waals surface area contributed by atoms with E-state index in [1.165, 1.54) is 0 Å². The van der Waals surface area contributed by atoms with Gasteiger partial charge in [0.2, 0.25) is 0 Å². The molecule has 0 heterocycles. The van der Waals surface area contributed by atoms with Gasteiger partial charge < -0.3 is 5.11 Å². The fourth-order valence-corrected chi connectivity index (χ4v) is 1.84. The lowest BCUT2D eigenvalue weighted by atomic mass is 10.0. The van der Waals surface area contributed by atoms with Crippen LogP contribution in [0.5, 0.6) is 0 Å². The number of aliphatic carboxylic acids is 1. The molecule has 2 nitrogen and oxygen atoms in total. The Balaban J connectivity index is 2.95. The predicted octanol–water partition coefficient (Wildman–Crippen LogP) is 3.03. The number of carboxylic acids is 1. The molecule has 76 valence electrons. The second-order valence-electron chi connectivity index (χ2n) is 3.23. The van der Waals surface area contributed by atoms with E-state index < -0.39 is 5.97 Å². The third-order valence-corrected chi connectivity index (χ3v) is 2.52. The summed E-state index contributed by atoms with van der Waals surface area (Å²) in [4.78, 5) is 10.6. The van der Waals surface area contributed by atoms with Crippen LogP contribution < -0.4 is 0 Å². The van der Waals surface area contributed by atoms with Gasteiger partial charge in [0.05, 0.1) is 6.42 Å². The Morgan fingerprint density at radius 1 is 1.43 bits per heavy atom. The van der Waals surface area contributed by atoms with Gasteiger partial charge >= 0.3 is 5.97 Å². The molecule has 0 spiro atoms. The average Bonchev–Trinajstić information content (AvgIpc) is 2.09. The zero-order valence-electron chi connectivity index (χ0n) is 8.09. The summed E-state index contributed by atoms with van der Waals surface area (Å²) in [6.07, 6.45) is 2.08. The monoisotopic (exact) mass is 256 g/mol. The minimum Gasteiger partial charge on any atom is -0.481 e. The van der Waals surface area contributed by atoms with Crippen molar-refractivity contribution in [3.05, 3.63) is 33.8 Å². The Hall–Kier alpha value is -0.830. The van der Waals surface area contributed by atoms with Crippen LogP contribution >= 0.6 is 15.9 Å². The van der Waals surface area contributed by atoms with Crippen molar-refractivity contribution in [3.8, 4) is 0 Å². The van der Waals surface area contributed by atoms with Gasteiger partial charge in [-0.3, -0.25) is 4.79 Å². The maximum atomic E-state index is 10.6. The molecular weight excluding hydrogens is 244 g/mol. The Kier molecular flexibility index (Phi) is 4.14.